The molecule has 3 rings (SSSR count). The average Bonchev–Trinajstić information content (AvgIpc) is 3.25. The van der Waals surface area contributed by atoms with E-state index < -0.39 is 55.0 Å². The minimum absolute atomic E-state index is 0.0164. The SMILES string of the molecule is C#CCOC(=O)N[C@@H](Cc1ccccc1)[C@H](O)C(=O)N1CC(F)(F)C[C@H]1C(=O)NCc1ccc(OC)cc1. The largest absolute Gasteiger partial charge is 0.497 e. The number of benzene rings is 2. The van der Waals surface area contributed by atoms with E-state index in [1.165, 1.54) is 7.11 Å². The predicted octanol–water partition coefficient (Wildman–Crippen LogP) is 1.88. The molecule has 1 aliphatic rings. The summed E-state index contributed by atoms with van der Waals surface area (Å²) in [5.41, 5.74) is 1.35. The highest BCUT2D eigenvalue weighted by atomic mass is 19.3. The van der Waals surface area contributed by atoms with E-state index in [0.29, 0.717) is 21.8 Å². The number of terminal acetylenes is 1. The Morgan fingerprint density at radius 2 is 1.84 bits per heavy atom. The first-order valence-corrected chi connectivity index (χ1v) is 11.8. The number of ether oxygens (including phenoxy) is 2. The summed E-state index contributed by atoms with van der Waals surface area (Å²) in [6.07, 6.45) is 1.23. The molecule has 0 spiro atoms. The summed E-state index contributed by atoms with van der Waals surface area (Å²) in [6, 6.07) is 12.6. The van der Waals surface area contributed by atoms with Gasteiger partial charge in [0.15, 0.2) is 12.7 Å². The number of alkyl halides is 2. The van der Waals surface area contributed by atoms with Gasteiger partial charge in [-0.15, -0.1) is 6.42 Å². The molecule has 0 aromatic heterocycles. The maximum absolute atomic E-state index is 14.4. The zero-order valence-electron chi connectivity index (χ0n) is 20.7. The molecule has 11 heteroatoms. The van der Waals surface area contributed by atoms with E-state index in [2.05, 4.69) is 16.6 Å². The van der Waals surface area contributed by atoms with Crippen LogP contribution in [0.2, 0.25) is 0 Å². The number of hydrogen-bond donors (Lipinski definition) is 3. The van der Waals surface area contributed by atoms with Gasteiger partial charge in [0.25, 0.3) is 11.8 Å². The van der Waals surface area contributed by atoms with Crippen LogP contribution in [0.4, 0.5) is 13.6 Å². The van der Waals surface area contributed by atoms with E-state index in [4.69, 9.17) is 15.9 Å². The summed E-state index contributed by atoms with van der Waals surface area (Å²) in [6.45, 7) is -1.36. The van der Waals surface area contributed by atoms with Gasteiger partial charge < -0.3 is 30.1 Å². The standard InChI is InChI=1S/C27H29F2N3O6/c1-3-13-38-26(36)31-21(14-18-7-5-4-6-8-18)23(33)25(35)32-17-27(28,29)15-22(32)24(34)30-16-19-9-11-20(37-2)12-10-19/h1,4-12,21-23,33H,13-17H2,2H3,(H,30,34)(H,31,36)/t21-,22-,23-/m0/s1. The van der Waals surface area contributed by atoms with Crippen LogP contribution >= 0.6 is 0 Å². The molecule has 2 aromatic carbocycles. The number of nitrogens with zero attached hydrogens (tertiary/aromatic N) is 1. The Hall–Kier alpha value is -4.17. The van der Waals surface area contributed by atoms with Crippen LogP contribution < -0.4 is 15.4 Å². The van der Waals surface area contributed by atoms with Crippen molar-refractivity contribution in [3.05, 3.63) is 65.7 Å². The molecule has 1 aliphatic heterocycles. The van der Waals surface area contributed by atoms with Crippen LogP contribution in [0.5, 0.6) is 5.75 Å². The molecule has 1 heterocycles. The number of aliphatic hydroxyl groups is 1. The number of halogens is 2. The quantitative estimate of drug-likeness (QED) is 0.405. The molecular weight excluding hydrogens is 500 g/mol. The van der Waals surface area contributed by atoms with Crippen LogP contribution in [-0.4, -0.2) is 72.3 Å². The van der Waals surface area contributed by atoms with Gasteiger partial charge in [-0.2, -0.15) is 0 Å². The third kappa shape index (κ3) is 7.66. The fourth-order valence-electron chi connectivity index (χ4n) is 4.09. The van der Waals surface area contributed by atoms with Crippen molar-refractivity contribution in [3.63, 3.8) is 0 Å². The maximum atomic E-state index is 14.4. The van der Waals surface area contributed by atoms with Gasteiger partial charge in [-0.3, -0.25) is 9.59 Å². The van der Waals surface area contributed by atoms with Crippen LogP contribution in [0, 0.1) is 12.3 Å². The van der Waals surface area contributed by atoms with Crippen molar-refractivity contribution < 1.29 is 37.7 Å². The second-order valence-electron chi connectivity index (χ2n) is 8.77. The summed E-state index contributed by atoms with van der Waals surface area (Å²) < 4.78 is 38.7. The number of hydrogen-bond acceptors (Lipinski definition) is 6. The van der Waals surface area contributed by atoms with E-state index >= 15 is 0 Å². The summed E-state index contributed by atoms with van der Waals surface area (Å²) >= 11 is 0. The second kappa shape index (κ2) is 12.9. The lowest BCUT2D eigenvalue weighted by molar-refractivity contribution is -0.147. The van der Waals surface area contributed by atoms with E-state index in [-0.39, 0.29) is 19.6 Å². The van der Waals surface area contributed by atoms with E-state index in [1.54, 1.807) is 54.6 Å². The fourth-order valence-corrected chi connectivity index (χ4v) is 4.09. The Morgan fingerprint density at radius 1 is 1.16 bits per heavy atom. The summed E-state index contributed by atoms with van der Waals surface area (Å²) in [4.78, 5) is 38.9. The molecule has 0 saturated carbocycles. The van der Waals surface area contributed by atoms with E-state index in [0.717, 1.165) is 0 Å². The van der Waals surface area contributed by atoms with Crippen molar-refractivity contribution in [2.24, 2.45) is 0 Å². The molecule has 0 radical (unpaired) electrons. The predicted molar refractivity (Wildman–Crippen MR) is 133 cm³/mol. The van der Waals surface area contributed by atoms with E-state index in [1.807, 2.05) is 0 Å². The Bertz CT molecular complexity index is 1150. The molecule has 0 unspecified atom stereocenters. The molecular formula is C27H29F2N3O6. The zero-order chi connectivity index (χ0) is 27.7. The highest BCUT2D eigenvalue weighted by Crippen LogP contribution is 2.33. The summed E-state index contributed by atoms with van der Waals surface area (Å²) in [7, 11) is 1.51. The molecule has 3 N–H and O–H groups in total. The number of carbonyl (C=O) groups excluding carboxylic acids is 3. The van der Waals surface area contributed by atoms with Gasteiger partial charge in [0.05, 0.1) is 19.7 Å². The third-order valence-electron chi connectivity index (χ3n) is 6.00. The van der Waals surface area contributed by atoms with Crippen LogP contribution in [0.3, 0.4) is 0 Å². The molecule has 0 aliphatic carbocycles. The van der Waals surface area contributed by atoms with Gasteiger partial charge >= 0.3 is 6.09 Å². The van der Waals surface area contributed by atoms with Gasteiger partial charge in [0.2, 0.25) is 5.91 Å². The highest BCUT2D eigenvalue weighted by molar-refractivity contribution is 5.90. The molecule has 3 atom stereocenters. The van der Waals surface area contributed by atoms with Crippen molar-refractivity contribution in [1.82, 2.24) is 15.5 Å². The maximum Gasteiger partial charge on any atom is 0.408 e. The topological polar surface area (TPSA) is 117 Å². The smallest absolute Gasteiger partial charge is 0.408 e. The number of carbonyl (C=O) groups is 3. The Morgan fingerprint density at radius 3 is 2.47 bits per heavy atom. The molecule has 202 valence electrons. The zero-order valence-corrected chi connectivity index (χ0v) is 20.7. The van der Waals surface area contributed by atoms with Gasteiger partial charge in [0, 0.05) is 13.0 Å². The number of amides is 3. The summed E-state index contributed by atoms with van der Waals surface area (Å²) in [5, 5.41) is 15.9. The molecule has 1 saturated heterocycles. The Balaban J connectivity index is 1.74. The number of aliphatic hydroxyl groups excluding tert-OH is 1. The second-order valence-corrected chi connectivity index (χ2v) is 8.77. The van der Waals surface area contributed by atoms with E-state index in [9.17, 15) is 28.3 Å². The lowest BCUT2D eigenvalue weighted by atomic mass is 10.00. The first-order chi connectivity index (χ1) is 18.1. The first kappa shape index (κ1) is 28.4. The minimum Gasteiger partial charge on any atom is -0.497 e. The monoisotopic (exact) mass is 529 g/mol. The average molecular weight is 530 g/mol. The minimum atomic E-state index is -3.34. The molecule has 0 bridgehead atoms. The highest BCUT2D eigenvalue weighted by Gasteiger charge is 2.51. The van der Waals surface area contributed by atoms with Gasteiger partial charge in [-0.05, 0) is 29.7 Å². The number of rotatable bonds is 10. The van der Waals surface area contributed by atoms with Gasteiger partial charge in [-0.25, -0.2) is 13.6 Å². The fraction of sp³-hybridized carbons (Fsp3) is 0.370. The molecule has 9 nitrogen and oxygen atoms in total. The Kier molecular flexibility index (Phi) is 9.62. The van der Waals surface area contributed by atoms with Crippen molar-refractivity contribution >= 4 is 17.9 Å². The van der Waals surface area contributed by atoms with Crippen LogP contribution in [0.1, 0.15) is 17.5 Å². The first-order valence-electron chi connectivity index (χ1n) is 11.8. The number of nitrogens with one attached hydrogen (secondary N) is 2. The Labute approximate surface area is 219 Å². The van der Waals surface area contributed by atoms with Crippen LogP contribution in [-0.2, 0) is 27.3 Å². The van der Waals surface area contributed by atoms with Crippen molar-refractivity contribution in [1.29, 1.82) is 0 Å². The number of methoxy groups -OCH3 is 1. The van der Waals surface area contributed by atoms with Crippen molar-refractivity contribution in [2.75, 3.05) is 20.3 Å². The third-order valence-corrected chi connectivity index (χ3v) is 6.00. The summed E-state index contributed by atoms with van der Waals surface area (Å²) in [5.74, 6) is -2.52. The van der Waals surface area contributed by atoms with Gasteiger partial charge in [0.1, 0.15) is 11.8 Å². The lowest BCUT2D eigenvalue weighted by Gasteiger charge is -2.29. The molecule has 3 amide bonds. The van der Waals surface area contributed by atoms with Crippen LogP contribution in [0.25, 0.3) is 0 Å². The normalized spacial score (nSPS) is 17.6. The van der Waals surface area contributed by atoms with Crippen molar-refractivity contribution in [3.8, 4) is 18.1 Å². The van der Waals surface area contributed by atoms with Gasteiger partial charge in [-0.1, -0.05) is 48.4 Å². The molecule has 38 heavy (non-hydrogen) atoms. The molecule has 1 fully saturated rings. The van der Waals surface area contributed by atoms with Crippen LogP contribution in [0.15, 0.2) is 54.6 Å². The number of alkyl carbamates (subject to hydrolysis) is 1. The van der Waals surface area contributed by atoms with Crippen molar-refractivity contribution in [2.45, 2.75) is 43.5 Å². The lowest BCUT2D eigenvalue weighted by Crippen LogP contribution is -2.56. The number of likely N-dealkylation sites (tertiary alicyclic amines) is 1. The molecule has 2 aromatic rings.